The summed E-state index contributed by atoms with van der Waals surface area (Å²) in [6.45, 7) is 5.80. The predicted octanol–water partition coefficient (Wildman–Crippen LogP) is 4.09. The van der Waals surface area contributed by atoms with E-state index in [0.717, 1.165) is 12.0 Å². The Morgan fingerprint density at radius 3 is 2.59 bits per heavy atom. The summed E-state index contributed by atoms with van der Waals surface area (Å²) in [7, 11) is 0. The summed E-state index contributed by atoms with van der Waals surface area (Å²) < 4.78 is 30.3. The Bertz CT molecular complexity index is 874. The minimum Gasteiger partial charge on any atom is -0.384 e. The van der Waals surface area contributed by atoms with Crippen molar-refractivity contribution < 1.29 is 10.2 Å². The fraction of sp³-hybridized carbons (Fsp3) is 0.250. The fourth-order valence-electron chi connectivity index (χ4n) is 2.75. The molecule has 0 aliphatic heterocycles. The SMILES string of the molecule is Cc1nc2c(F)cc(-c3cc(N)ncc3F)cc2n1C(C)C.[HH]. The lowest BCUT2D eigenvalue weighted by molar-refractivity contribution is 0.600. The maximum Gasteiger partial charge on any atom is 0.151 e. The van der Waals surface area contributed by atoms with Gasteiger partial charge in [0.15, 0.2) is 5.82 Å². The van der Waals surface area contributed by atoms with Gasteiger partial charge in [0, 0.05) is 13.0 Å². The summed E-state index contributed by atoms with van der Waals surface area (Å²) in [5.74, 6) is -0.119. The van der Waals surface area contributed by atoms with Crippen molar-refractivity contribution in [3.63, 3.8) is 0 Å². The van der Waals surface area contributed by atoms with Crippen LogP contribution in [0.25, 0.3) is 22.2 Å². The number of halogens is 2. The summed E-state index contributed by atoms with van der Waals surface area (Å²) in [5, 5.41) is 0. The molecule has 0 saturated carbocycles. The van der Waals surface area contributed by atoms with Gasteiger partial charge in [-0.25, -0.2) is 18.7 Å². The molecule has 6 heteroatoms. The van der Waals surface area contributed by atoms with Gasteiger partial charge >= 0.3 is 0 Å². The molecule has 0 fully saturated rings. The van der Waals surface area contributed by atoms with Crippen LogP contribution >= 0.6 is 0 Å². The molecule has 2 heterocycles. The first kappa shape index (κ1) is 14.4. The van der Waals surface area contributed by atoms with Crippen LogP contribution in [-0.2, 0) is 0 Å². The van der Waals surface area contributed by atoms with Crippen LogP contribution in [0.3, 0.4) is 0 Å². The minimum absolute atomic E-state index is 0. The normalized spacial score (nSPS) is 11.5. The lowest BCUT2D eigenvalue weighted by Crippen LogP contribution is -2.03. The lowest BCUT2D eigenvalue weighted by Gasteiger charge is -2.12. The standard InChI is InChI=1S/C16H16F2N4.H2/c1-8(2)22-9(3)21-16-12(17)4-10(5-14(16)22)11-6-15(19)20-7-13(11)18;/h4-8H,1-3H3,(H2,19,20);1H. The topological polar surface area (TPSA) is 56.7 Å². The first-order valence-electron chi connectivity index (χ1n) is 6.98. The number of nitrogens with two attached hydrogens (primary N) is 1. The van der Waals surface area contributed by atoms with E-state index < -0.39 is 11.6 Å². The summed E-state index contributed by atoms with van der Waals surface area (Å²) in [6, 6.07) is 4.53. The van der Waals surface area contributed by atoms with Crippen molar-refractivity contribution in [2.24, 2.45) is 0 Å². The Hall–Kier alpha value is -2.50. The Kier molecular flexibility index (Phi) is 3.31. The van der Waals surface area contributed by atoms with Gasteiger partial charge < -0.3 is 10.3 Å². The maximum atomic E-state index is 14.4. The molecular formula is C16H18F2N4. The van der Waals surface area contributed by atoms with Crippen molar-refractivity contribution in [2.45, 2.75) is 26.8 Å². The van der Waals surface area contributed by atoms with Crippen LogP contribution in [0.1, 0.15) is 27.1 Å². The monoisotopic (exact) mass is 304 g/mol. The number of benzene rings is 1. The highest BCUT2D eigenvalue weighted by Gasteiger charge is 2.17. The highest BCUT2D eigenvalue weighted by molar-refractivity contribution is 5.84. The summed E-state index contributed by atoms with van der Waals surface area (Å²) in [5.41, 5.74) is 7.17. The molecule has 0 bridgehead atoms. The fourth-order valence-corrected chi connectivity index (χ4v) is 2.75. The molecule has 1 aromatic carbocycles. The highest BCUT2D eigenvalue weighted by atomic mass is 19.1. The smallest absolute Gasteiger partial charge is 0.151 e. The zero-order chi connectivity index (χ0) is 16.0. The highest BCUT2D eigenvalue weighted by Crippen LogP contribution is 2.31. The van der Waals surface area contributed by atoms with Crippen LogP contribution in [0.15, 0.2) is 24.4 Å². The van der Waals surface area contributed by atoms with Gasteiger partial charge in [-0.15, -0.1) is 0 Å². The van der Waals surface area contributed by atoms with Gasteiger partial charge in [0.25, 0.3) is 0 Å². The van der Waals surface area contributed by atoms with Crippen molar-refractivity contribution in [2.75, 3.05) is 5.73 Å². The minimum atomic E-state index is -0.541. The number of imidazole rings is 1. The van der Waals surface area contributed by atoms with Gasteiger partial charge in [-0.2, -0.15) is 0 Å². The van der Waals surface area contributed by atoms with Crippen LogP contribution in [0.5, 0.6) is 0 Å². The lowest BCUT2D eigenvalue weighted by atomic mass is 10.1. The van der Waals surface area contributed by atoms with E-state index in [1.54, 1.807) is 6.07 Å². The van der Waals surface area contributed by atoms with Crippen molar-refractivity contribution in [3.05, 3.63) is 41.9 Å². The van der Waals surface area contributed by atoms with Crippen molar-refractivity contribution in [3.8, 4) is 11.1 Å². The molecule has 22 heavy (non-hydrogen) atoms. The van der Waals surface area contributed by atoms with Gasteiger partial charge in [0.05, 0.1) is 11.7 Å². The number of fused-ring (bicyclic) bond motifs is 1. The molecule has 0 radical (unpaired) electrons. The summed E-state index contributed by atoms with van der Waals surface area (Å²) >= 11 is 0. The van der Waals surface area contributed by atoms with E-state index in [1.807, 2.05) is 25.3 Å². The molecule has 2 aromatic heterocycles. The van der Waals surface area contributed by atoms with E-state index in [9.17, 15) is 8.78 Å². The van der Waals surface area contributed by atoms with Crippen LogP contribution in [0.4, 0.5) is 14.6 Å². The van der Waals surface area contributed by atoms with Crippen LogP contribution in [0, 0.1) is 18.6 Å². The van der Waals surface area contributed by atoms with Crippen molar-refractivity contribution in [1.82, 2.24) is 14.5 Å². The number of hydrogen-bond acceptors (Lipinski definition) is 3. The van der Waals surface area contributed by atoms with E-state index in [0.29, 0.717) is 11.1 Å². The molecule has 0 aliphatic carbocycles. The zero-order valence-electron chi connectivity index (χ0n) is 12.6. The molecule has 0 unspecified atom stereocenters. The average Bonchev–Trinajstić information content (AvgIpc) is 2.78. The third-order valence-corrected chi connectivity index (χ3v) is 3.63. The van der Waals surface area contributed by atoms with Crippen molar-refractivity contribution in [1.29, 1.82) is 0 Å². The summed E-state index contributed by atoms with van der Waals surface area (Å²) in [6.07, 6.45) is 1.04. The number of nitrogen functional groups attached to an aromatic ring is 1. The third-order valence-electron chi connectivity index (χ3n) is 3.63. The van der Waals surface area contributed by atoms with E-state index in [1.165, 1.54) is 12.1 Å². The quantitative estimate of drug-likeness (QED) is 0.775. The zero-order valence-corrected chi connectivity index (χ0v) is 12.6. The Morgan fingerprint density at radius 1 is 1.18 bits per heavy atom. The molecular weight excluding hydrogens is 286 g/mol. The number of aryl methyl sites for hydroxylation is 1. The van der Waals surface area contributed by atoms with Crippen LogP contribution in [-0.4, -0.2) is 14.5 Å². The van der Waals surface area contributed by atoms with E-state index in [-0.39, 0.29) is 24.4 Å². The molecule has 116 valence electrons. The Labute approximate surface area is 128 Å². The van der Waals surface area contributed by atoms with Crippen molar-refractivity contribution >= 4 is 16.9 Å². The maximum absolute atomic E-state index is 14.4. The van der Waals surface area contributed by atoms with Gasteiger partial charge in [-0.3, -0.25) is 0 Å². The molecule has 0 aliphatic rings. The van der Waals surface area contributed by atoms with Gasteiger partial charge in [-0.05, 0) is 44.5 Å². The van der Waals surface area contributed by atoms with Gasteiger partial charge in [-0.1, -0.05) is 0 Å². The molecule has 4 nitrogen and oxygen atoms in total. The van der Waals surface area contributed by atoms with E-state index in [2.05, 4.69) is 9.97 Å². The van der Waals surface area contributed by atoms with E-state index >= 15 is 0 Å². The molecule has 3 rings (SSSR count). The summed E-state index contributed by atoms with van der Waals surface area (Å²) in [4.78, 5) is 7.96. The van der Waals surface area contributed by atoms with Gasteiger partial charge in [0.2, 0.25) is 0 Å². The number of hydrogen-bond donors (Lipinski definition) is 1. The molecule has 0 spiro atoms. The second-order valence-electron chi connectivity index (χ2n) is 5.54. The second-order valence-corrected chi connectivity index (χ2v) is 5.54. The Balaban J connectivity index is 0.00000192. The molecule has 2 N–H and O–H groups in total. The largest absolute Gasteiger partial charge is 0.384 e. The molecule has 3 aromatic rings. The van der Waals surface area contributed by atoms with Crippen LogP contribution < -0.4 is 5.73 Å². The average molecular weight is 304 g/mol. The first-order valence-corrected chi connectivity index (χ1v) is 6.98. The predicted molar refractivity (Wildman–Crippen MR) is 84.5 cm³/mol. The Morgan fingerprint density at radius 2 is 1.91 bits per heavy atom. The number of pyridine rings is 1. The number of anilines is 1. The second kappa shape index (κ2) is 5.05. The first-order chi connectivity index (χ1) is 10.4. The third kappa shape index (κ3) is 2.20. The number of rotatable bonds is 2. The molecule has 0 saturated heterocycles. The number of nitrogens with zero attached hydrogens (tertiary/aromatic N) is 3. The van der Waals surface area contributed by atoms with E-state index in [4.69, 9.17) is 5.73 Å². The molecule has 0 atom stereocenters. The van der Waals surface area contributed by atoms with Crippen LogP contribution in [0.2, 0.25) is 0 Å². The molecule has 0 amide bonds. The number of aromatic nitrogens is 3. The van der Waals surface area contributed by atoms with Gasteiger partial charge in [0.1, 0.15) is 23.0 Å².